The zero-order chi connectivity index (χ0) is 12.4. The second-order valence-electron chi connectivity index (χ2n) is 4.98. The van der Waals surface area contributed by atoms with Gasteiger partial charge in [-0.15, -0.1) is 0 Å². The number of likely N-dealkylation sites (N-methyl/N-ethyl adjacent to an activating group) is 1. The van der Waals surface area contributed by atoms with Crippen molar-refractivity contribution in [3.63, 3.8) is 0 Å². The molecule has 3 nitrogen and oxygen atoms in total. The Labute approximate surface area is 104 Å². The van der Waals surface area contributed by atoms with E-state index in [2.05, 4.69) is 30.7 Å². The van der Waals surface area contributed by atoms with E-state index in [4.69, 9.17) is 5.41 Å². The topological polar surface area (TPSA) is 30.3 Å². The summed E-state index contributed by atoms with van der Waals surface area (Å²) in [5.41, 5.74) is 1.01. The highest BCUT2D eigenvalue weighted by molar-refractivity contribution is 5.96. The standard InChI is InChI=1S/C14H21N3/c1-11-9-17(10-12(2)16(11)3)14(15)13-7-5-4-6-8-13/h4-8,11-12,15H,9-10H2,1-3H3. The maximum atomic E-state index is 8.28. The monoisotopic (exact) mass is 231 g/mol. The summed E-state index contributed by atoms with van der Waals surface area (Å²) in [6, 6.07) is 11.0. The summed E-state index contributed by atoms with van der Waals surface area (Å²) >= 11 is 0. The van der Waals surface area contributed by atoms with Crippen molar-refractivity contribution in [3.8, 4) is 0 Å². The highest BCUT2D eigenvalue weighted by Gasteiger charge is 2.27. The number of piperazine rings is 1. The lowest BCUT2D eigenvalue weighted by atomic mass is 10.1. The fraction of sp³-hybridized carbons (Fsp3) is 0.500. The van der Waals surface area contributed by atoms with Crippen LogP contribution >= 0.6 is 0 Å². The van der Waals surface area contributed by atoms with E-state index in [9.17, 15) is 0 Å². The largest absolute Gasteiger partial charge is 0.353 e. The minimum atomic E-state index is 0.503. The van der Waals surface area contributed by atoms with Crippen molar-refractivity contribution in [1.82, 2.24) is 9.80 Å². The fourth-order valence-corrected chi connectivity index (χ4v) is 2.37. The van der Waals surface area contributed by atoms with Crippen LogP contribution in [0, 0.1) is 5.41 Å². The van der Waals surface area contributed by atoms with Gasteiger partial charge in [0.1, 0.15) is 5.84 Å². The van der Waals surface area contributed by atoms with E-state index in [-0.39, 0.29) is 0 Å². The van der Waals surface area contributed by atoms with Crippen LogP contribution in [0.3, 0.4) is 0 Å². The predicted molar refractivity (Wildman–Crippen MR) is 71.5 cm³/mol. The predicted octanol–water partition coefficient (Wildman–Crippen LogP) is 2.04. The first-order chi connectivity index (χ1) is 8.09. The van der Waals surface area contributed by atoms with E-state index < -0.39 is 0 Å². The smallest absolute Gasteiger partial charge is 0.128 e. The molecule has 0 aliphatic carbocycles. The van der Waals surface area contributed by atoms with Crippen LogP contribution in [0.2, 0.25) is 0 Å². The number of hydrogen-bond acceptors (Lipinski definition) is 2. The molecule has 1 N–H and O–H groups in total. The number of rotatable bonds is 1. The first-order valence-electron chi connectivity index (χ1n) is 6.20. The lowest BCUT2D eigenvalue weighted by Gasteiger charge is -2.43. The number of hydrogen-bond donors (Lipinski definition) is 1. The number of benzene rings is 1. The third-order valence-corrected chi connectivity index (χ3v) is 3.72. The van der Waals surface area contributed by atoms with Crippen molar-refractivity contribution in [1.29, 1.82) is 5.41 Å². The van der Waals surface area contributed by atoms with Crippen LogP contribution in [-0.2, 0) is 0 Å². The summed E-state index contributed by atoms with van der Waals surface area (Å²) in [7, 11) is 2.17. The Morgan fingerprint density at radius 2 is 1.65 bits per heavy atom. The number of amidine groups is 1. The van der Waals surface area contributed by atoms with E-state index in [0.717, 1.165) is 18.7 Å². The molecule has 1 aliphatic rings. The summed E-state index contributed by atoms with van der Waals surface area (Å²) in [4.78, 5) is 4.57. The highest BCUT2D eigenvalue weighted by atomic mass is 15.3. The van der Waals surface area contributed by atoms with Crippen molar-refractivity contribution in [3.05, 3.63) is 35.9 Å². The average molecular weight is 231 g/mol. The zero-order valence-corrected chi connectivity index (χ0v) is 10.9. The third kappa shape index (κ3) is 2.50. The minimum absolute atomic E-state index is 0.503. The van der Waals surface area contributed by atoms with E-state index >= 15 is 0 Å². The molecule has 0 amide bonds. The van der Waals surface area contributed by atoms with Gasteiger partial charge in [0.25, 0.3) is 0 Å². The van der Waals surface area contributed by atoms with Crippen molar-refractivity contribution in [2.24, 2.45) is 0 Å². The van der Waals surface area contributed by atoms with Crippen LogP contribution in [0.15, 0.2) is 30.3 Å². The van der Waals surface area contributed by atoms with Crippen molar-refractivity contribution in [2.45, 2.75) is 25.9 Å². The van der Waals surface area contributed by atoms with Gasteiger partial charge in [0.05, 0.1) is 0 Å². The number of nitrogens with zero attached hydrogens (tertiary/aromatic N) is 2. The van der Waals surface area contributed by atoms with Crippen molar-refractivity contribution < 1.29 is 0 Å². The molecule has 1 heterocycles. The summed E-state index contributed by atoms with van der Waals surface area (Å²) in [6.07, 6.45) is 0. The summed E-state index contributed by atoms with van der Waals surface area (Å²) in [5, 5.41) is 8.28. The maximum absolute atomic E-state index is 8.28. The van der Waals surface area contributed by atoms with Gasteiger partial charge < -0.3 is 4.90 Å². The quantitative estimate of drug-likeness (QED) is 0.592. The van der Waals surface area contributed by atoms with Gasteiger partial charge in [0.2, 0.25) is 0 Å². The van der Waals surface area contributed by atoms with Crippen molar-refractivity contribution >= 4 is 5.84 Å². The molecule has 0 saturated carbocycles. The van der Waals surface area contributed by atoms with Crippen molar-refractivity contribution in [2.75, 3.05) is 20.1 Å². The molecule has 17 heavy (non-hydrogen) atoms. The first kappa shape index (κ1) is 12.1. The van der Waals surface area contributed by atoms with Crippen LogP contribution in [-0.4, -0.2) is 47.9 Å². The van der Waals surface area contributed by atoms with Crippen LogP contribution in [0.5, 0.6) is 0 Å². The molecular formula is C14H21N3. The molecule has 3 heteroatoms. The van der Waals surface area contributed by atoms with Gasteiger partial charge in [-0.2, -0.15) is 0 Å². The fourth-order valence-electron chi connectivity index (χ4n) is 2.37. The van der Waals surface area contributed by atoms with Gasteiger partial charge in [-0.05, 0) is 20.9 Å². The summed E-state index contributed by atoms with van der Waals surface area (Å²) < 4.78 is 0. The second-order valence-corrected chi connectivity index (χ2v) is 4.98. The van der Waals surface area contributed by atoms with Gasteiger partial charge in [0.15, 0.2) is 0 Å². The van der Waals surface area contributed by atoms with E-state index in [1.807, 2.05) is 30.3 Å². The Balaban J connectivity index is 2.11. The Morgan fingerprint density at radius 3 is 2.18 bits per heavy atom. The van der Waals surface area contributed by atoms with Crippen LogP contribution < -0.4 is 0 Å². The third-order valence-electron chi connectivity index (χ3n) is 3.72. The molecule has 0 radical (unpaired) electrons. The first-order valence-corrected chi connectivity index (χ1v) is 6.20. The molecule has 1 fully saturated rings. The van der Waals surface area contributed by atoms with Gasteiger partial charge in [-0.3, -0.25) is 10.3 Å². The lowest BCUT2D eigenvalue weighted by Crippen LogP contribution is -2.56. The molecule has 0 aromatic heterocycles. The van der Waals surface area contributed by atoms with E-state index in [1.165, 1.54) is 0 Å². The molecule has 1 aromatic carbocycles. The molecule has 2 rings (SSSR count). The molecule has 0 spiro atoms. The van der Waals surface area contributed by atoms with Gasteiger partial charge in [-0.1, -0.05) is 30.3 Å². The van der Waals surface area contributed by atoms with Gasteiger partial charge >= 0.3 is 0 Å². The van der Waals surface area contributed by atoms with Gasteiger partial charge in [-0.25, -0.2) is 0 Å². The van der Waals surface area contributed by atoms with Crippen LogP contribution in [0.1, 0.15) is 19.4 Å². The van der Waals surface area contributed by atoms with E-state index in [1.54, 1.807) is 0 Å². The van der Waals surface area contributed by atoms with Crippen LogP contribution in [0.25, 0.3) is 0 Å². The minimum Gasteiger partial charge on any atom is -0.353 e. The normalized spacial score (nSPS) is 25.9. The molecule has 2 atom stereocenters. The molecule has 1 saturated heterocycles. The zero-order valence-electron chi connectivity index (χ0n) is 10.9. The summed E-state index contributed by atoms with van der Waals surface area (Å²) in [5.74, 6) is 0.650. The molecule has 1 aliphatic heterocycles. The van der Waals surface area contributed by atoms with Gasteiger partial charge in [0, 0.05) is 30.7 Å². The second kappa shape index (κ2) is 4.88. The Kier molecular flexibility index (Phi) is 3.48. The SMILES string of the molecule is CC1CN(C(=N)c2ccccc2)CC(C)N1C. The van der Waals surface area contributed by atoms with Crippen LogP contribution in [0.4, 0.5) is 0 Å². The molecule has 92 valence electrons. The average Bonchev–Trinajstić information content (AvgIpc) is 2.35. The molecule has 0 bridgehead atoms. The Morgan fingerprint density at radius 1 is 1.12 bits per heavy atom. The molecular weight excluding hydrogens is 210 g/mol. The highest BCUT2D eigenvalue weighted by Crippen LogP contribution is 2.15. The Hall–Kier alpha value is -1.35. The van der Waals surface area contributed by atoms with E-state index in [0.29, 0.717) is 17.9 Å². The summed E-state index contributed by atoms with van der Waals surface area (Å²) in [6.45, 7) is 6.32. The number of nitrogens with one attached hydrogen (secondary N) is 1. The Bertz CT molecular complexity index is 376. The lowest BCUT2D eigenvalue weighted by molar-refractivity contribution is 0.0987. The molecule has 1 aromatic rings. The maximum Gasteiger partial charge on any atom is 0.128 e. The molecule has 2 unspecified atom stereocenters.